The summed E-state index contributed by atoms with van der Waals surface area (Å²) in [5.41, 5.74) is 1.18. The fraction of sp³-hybridized carbons (Fsp3) is 0.562. The zero-order chi connectivity index (χ0) is 14.5. The molecule has 0 unspecified atom stereocenters. The summed E-state index contributed by atoms with van der Waals surface area (Å²) in [7, 11) is 0. The molecule has 3 nitrogen and oxygen atoms in total. The summed E-state index contributed by atoms with van der Waals surface area (Å²) in [4.78, 5) is 16.7. The first kappa shape index (κ1) is 15.2. The maximum Gasteiger partial charge on any atom is 0.225 e. The molecule has 1 heterocycles. The minimum Gasteiger partial charge on any atom is -0.368 e. The molecule has 20 heavy (non-hydrogen) atoms. The molecule has 1 aliphatic rings. The first-order chi connectivity index (χ1) is 9.65. The largest absolute Gasteiger partial charge is 0.368 e. The minimum absolute atomic E-state index is 0.192. The lowest BCUT2D eigenvalue weighted by molar-refractivity contribution is -0.136. The van der Waals surface area contributed by atoms with Gasteiger partial charge in [-0.1, -0.05) is 25.4 Å². The average Bonchev–Trinajstić information content (AvgIpc) is 2.49. The van der Waals surface area contributed by atoms with Gasteiger partial charge in [0.2, 0.25) is 5.91 Å². The van der Waals surface area contributed by atoms with E-state index in [9.17, 15) is 4.79 Å². The van der Waals surface area contributed by atoms with Crippen LogP contribution in [0.25, 0.3) is 0 Å². The number of piperazine rings is 1. The van der Waals surface area contributed by atoms with Gasteiger partial charge < -0.3 is 9.80 Å². The number of rotatable bonds is 4. The van der Waals surface area contributed by atoms with Gasteiger partial charge in [0.25, 0.3) is 0 Å². The number of hydrogen-bond donors (Lipinski definition) is 0. The Morgan fingerprint density at radius 3 is 2.15 bits per heavy atom. The number of anilines is 1. The molecular weight excluding hydrogens is 272 g/mol. The van der Waals surface area contributed by atoms with E-state index in [0.29, 0.717) is 5.91 Å². The van der Waals surface area contributed by atoms with Crippen molar-refractivity contribution in [3.05, 3.63) is 29.3 Å². The van der Waals surface area contributed by atoms with Crippen molar-refractivity contribution in [3.63, 3.8) is 0 Å². The quantitative estimate of drug-likeness (QED) is 0.849. The molecule has 1 amide bonds. The van der Waals surface area contributed by atoms with Crippen molar-refractivity contribution >= 4 is 23.2 Å². The van der Waals surface area contributed by atoms with Crippen LogP contribution < -0.4 is 4.90 Å². The SMILES string of the molecule is CCC(CC)C(=O)N1CCN(c2ccc(Cl)cc2)CC1. The molecule has 4 heteroatoms. The van der Waals surface area contributed by atoms with Gasteiger partial charge in [0.15, 0.2) is 0 Å². The van der Waals surface area contributed by atoms with Crippen molar-refractivity contribution in [2.24, 2.45) is 5.92 Å². The van der Waals surface area contributed by atoms with Gasteiger partial charge in [-0.15, -0.1) is 0 Å². The van der Waals surface area contributed by atoms with Gasteiger partial charge in [-0.25, -0.2) is 0 Å². The summed E-state index contributed by atoms with van der Waals surface area (Å²) in [6.45, 7) is 7.61. The van der Waals surface area contributed by atoms with Crippen molar-refractivity contribution in [2.45, 2.75) is 26.7 Å². The molecule has 0 radical (unpaired) electrons. The summed E-state index contributed by atoms with van der Waals surface area (Å²) in [6, 6.07) is 7.92. The van der Waals surface area contributed by atoms with Gasteiger partial charge in [0.1, 0.15) is 0 Å². The van der Waals surface area contributed by atoms with Crippen LogP contribution in [-0.2, 0) is 4.79 Å². The third kappa shape index (κ3) is 3.45. The number of halogens is 1. The zero-order valence-corrected chi connectivity index (χ0v) is 13.1. The van der Waals surface area contributed by atoms with Crippen LogP contribution in [0.5, 0.6) is 0 Å². The summed E-state index contributed by atoms with van der Waals surface area (Å²) in [6.07, 6.45) is 1.87. The predicted octanol–water partition coefficient (Wildman–Crippen LogP) is 3.42. The van der Waals surface area contributed by atoms with Crippen molar-refractivity contribution in [1.82, 2.24) is 4.90 Å². The number of hydrogen-bond acceptors (Lipinski definition) is 2. The van der Waals surface area contributed by atoms with Crippen molar-refractivity contribution < 1.29 is 4.79 Å². The third-order valence-electron chi connectivity index (χ3n) is 4.12. The number of carbonyl (C=O) groups excluding carboxylic acids is 1. The second-order valence-corrected chi connectivity index (χ2v) is 5.74. The van der Waals surface area contributed by atoms with E-state index in [1.807, 2.05) is 29.2 Å². The molecular formula is C16H23ClN2O. The molecule has 110 valence electrons. The Morgan fingerprint density at radius 2 is 1.65 bits per heavy atom. The van der Waals surface area contributed by atoms with Crippen LogP contribution in [0, 0.1) is 5.92 Å². The van der Waals surface area contributed by atoms with E-state index in [1.165, 1.54) is 5.69 Å². The van der Waals surface area contributed by atoms with E-state index in [1.54, 1.807) is 0 Å². The maximum atomic E-state index is 12.3. The van der Waals surface area contributed by atoms with E-state index in [4.69, 9.17) is 11.6 Å². The van der Waals surface area contributed by atoms with E-state index in [-0.39, 0.29) is 5.92 Å². The molecule has 0 bridgehead atoms. The zero-order valence-electron chi connectivity index (χ0n) is 12.3. The predicted molar refractivity (Wildman–Crippen MR) is 84.3 cm³/mol. The lowest BCUT2D eigenvalue weighted by Crippen LogP contribution is -2.50. The van der Waals surface area contributed by atoms with E-state index >= 15 is 0 Å². The van der Waals surface area contributed by atoms with Gasteiger partial charge in [0.05, 0.1) is 0 Å². The van der Waals surface area contributed by atoms with Crippen LogP contribution in [0.4, 0.5) is 5.69 Å². The Bertz CT molecular complexity index is 434. The Kier molecular flexibility index (Phi) is 5.30. The number of nitrogens with zero attached hydrogens (tertiary/aromatic N) is 2. The second kappa shape index (κ2) is 6.98. The molecule has 1 fully saturated rings. The molecule has 1 saturated heterocycles. The lowest BCUT2D eigenvalue weighted by Gasteiger charge is -2.37. The van der Waals surface area contributed by atoms with Crippen LogP contribution in [-0.4, -0.2) is 37.0 Å². The van der Waals surface area contributed by atoms with Gasteiger partial charge in [0, 0.05) is 42.8 Å². The summed E-state index contributed by atoms with van der Waals surface area (Å²) in [5, 5.41) is 0.760. The van der Waals surface area contributed by atoms with Gasteiger partial charge in [-0.3, -0.25) is 4.79 Å². The molecule has 1 aromatic rings. The maximum absolute atomic E-state index is 12.3. The molecule has 2 rings (SSSR count). The Balaban J connectivity index is 1.92. The van der Waals surface area contributed by atoms with Crippen LogP contribution in [0.15, 0.2) is 24.3 Å². The highest BCUT2D eigenvalue weighted by Crippen LogP contribution is 2.20. The lowest BCUT2D eigenvalue weighted by atomic mass is 10.0. The van der Waals surface area contributed by atoms with Gasteiger partial charge in [-0.2, -0.15) is 0 Å². The first-order valence-corrected chi connectivity index (χ1v) is 7.82. The summed E-state index contributed by atoms with van der Waals surface area (Å²) in [5.74, 6) is 0.517. The monoisotopic (exact) mass is 294 g/mol. The molecule has 0 aliphatic carbocycles. The van der Waals surface area contributed by atoms with E-state index in [2.05, 4.69) is 18.7 Å². The molecule has 0 N–H and O–H groups in total. The first-order valence-electron chi connectivity index (χ1n) is 7.45. The van der Waals surface area contributed by atoms with Crippen molar-refractivity contribution in [3.8, 4) is 0 Å². The number of amides is 1. The van der Waals surface area contributed by atoms with Gasteiger partial charge in [-0.05, 0) is 37.1 Å². The Morgan fingerprint density at radius 1 is 1.10 bits per heavy atom. The van der Waals surface area contributed by atoms with Crippen LogP contribution >= 0.6 is 11.6 Å². The van der Waals surface area contributed by atoms with E-state index < -0.39 is 0 Å². The van der Waals surface area contributed by atoms with Crippen LogP contribution in [0.2, 0.25) is 5.02 Å². The highest BCUT2D eigenvalue weighted by molar-refractivity contribution is 6.30. The topological polar surface area (TPSA) is 23.6 Å². The smallest absolute Gasteiger partial charge is 0.225 e. The molecule has 0 aromatic heterocycles. The Labute approximate surface area is 126 Å². The van der Waals surface area contributed by atoms with Crippen molar-refractivity contribution in [2.75, 3.05) is 31.1 Å². The minimum atomic E-state index is 0.192. The molecule has 0 spiro atoms. The van der Waals surface area contributed by atoms with E-state index in [0.717, 1.165) is 44.0 Å². The summed E-state index contributed by atoms with van der Waals surface area (Å²) < 4.78 is 0. The molecule has 1 aliphatic heterocycles. The summed E-state index contributed by atoms with van der Waals surface area (Å²) >= 11 is 5.91. The molecule has 0 saturated carbocycles. The third-order valence-corrected chi connectivity index (χ3v) is 4.37. The average molecular weight is 295 g/mol. The number of benzene rings is 1. The molecule has 0 atom stereocenters. The second-order valence-electron chi connectivity index (χ2n) is 5.30. The standard InChI is InChI=1S/C16H23ClN2O/c1-3-13(4-2)16(20)19-11-9-18(10-12-19)15-7-5-14(17)6-8-15/h5-8,13H,3-4,9-12H2,1-2H3. The normalized spacial score (nSPS) is 15.8. The fourth-order valence-electron chi connectivity index (χ4n) is 2.73. The van der Waals surface area contributed by atoms with Crippen LogP contribution in [0.3, 0.4) is 0 Å². The van der Waals surface area contributed by atoms with Crippen LogP contribution in [0.1, 0.15) is 26.7 Å². The number of carbonyl (C=O) groups is 1. The highest BCUT2D eigenvalue weighted by atomic mass is 35.5. The Hall–Kier alpha value is -1.22. The van der Waals surface area contributed by atoms with Crippen molar-refractivity contribution in [1.29, 1.82) is 0 Å². The van der Waals surface area contributed by atoms with Gasteiger partial charge >= 0.3 is 0 Å². The fourth-order valence-corrected chi connectivity index (χ4v) is 2.86. The molecule has 1 aromatic carbocycles. The highest BCUT2D eigenvalue weighted by Gasteiger charge is 2.25.